The van der Waals surface area contributed by atoms with Crippen molar-refractivity contribution in [3.63, 3.8) is 0 Å². The molecule has 2 aliphatic heterocycles. The fourth-order valence-electron chi connectivity index (χ4n) is 5.10. The third kappa shape index (κ3) is 5.48. The maximum Gasteiger partial charge on any atom is 0.258 e. The third-order valence-electron chi connectivity index (χ3n) is 6.96. The van der Waals surface area contributed by atoms with E-state index in [9.17, 15) is 14.7 Å². The van der Waals surface area contributed by atoms with Crippen LogP contribution in [0.25, 0.3) is 11.0 Å². The first-order valence-electron chi connectivity index (χ1n) is 12.7. The predicted molar refractivity (Wildman–Crippen MR) is 151 cm³/mol. The maximum absolute atomic E-state index is 13.2. The summed E-state index contributed by atoms with van der Waals surface area (Å²) in [4.78, 5) is 36.2. The van der Waals surface area contributed by atoms with Crippen LogP contribution in [0.3, 0.4) is 0 Å². The van der Waals surface area contributed by atoms with Crippen molar-refractivity contribution >= 4 is 51.4 Å². The number of rotatable bonds is 7. The summed E-state index contributed by atoms with van der Waals surface area (Å²) in [6, 6.07) is 6.55. The summed E-state index contributed by atoms with van der Waals surface area (Å²) in [6.45, 7) is 6.03. The van der Waals surface area contributed by atoms with Crippen molar-refractivity contribution in [1.29, 1.82) is 0 Å². The number of imidazole rings is 1. The molecule has 5 rings (SSSR count). The van der Waals surface area contributed by atoms with E-state index < -0.39 is 5.91 Å². The SMILES string of the molecule is C=CC(=O)N1CCCC[C@@H](n2c(NC(=O)c3ccnc(O)c3)nc3ccc(O[C@H]4CCOC4)c(CI)c32)C1. The van der Waals surface area contributed by atoms with Crippen LogP contribution in [-0.4, -0.2) is 68.8 Å². The number of benzene rings is 1. The number of carbonyl (C=O) groups is 2. The van der Waals surface area contributed by atoms with Gasteiger partial charge in [0.15, 0.2) is 0 Å². The summed E-state index contributed by atoms with van der Waals surface area (Å²) in [6.07, 6.45) is 6.16. The van der Waals surface area contributed by atoms with Crippen LogP contribution in [0.4, 0.5) is 5.95 Å². The number of pyridine rings is 1. The Morgan fingerprint density at radius 3 is 2.89 bits per heavy atom. The normalized spacial score (nSPS) is 19.8. The van der Waals surface area contributed by atoms with Crippen LogP contribution >= 0.6 is 22.6 Å². The fraction of sp³-hybridized carbons (Fsp3) is 0.407. The van der Waals surface area contributed by atoms with Crippen molar-refractivity contribution in [2.45, 2.75) is 42.3 Å². The topological polar surface area (TPSA) is 119 Å². The monoisotopic (exact) mass is 631 g/mol. The molecule has 2 aromatic heterocycles. The van der Waals surface area contributed by atoms with Gasteiger partial charge in [-0.1, -0.05) is 29.2 Å². The number of halogens is 1. The molecule has 0 spiro atoms. The molecule has 2 N–H and O–H groups in total. The minimum absolute atomic E-state index is 0.0114. The van der Waals surface area contributed by atoms with Gasteiger partial charge in [-0.3, -0.25) is 14.9 Å². The minimum atomic E-state index is -0.414. The number of aromatic nitrogens is 3. The van der Waals surface area contributed by atoms with Crippen molar-refractivity contribution in [3.8, 4) is 11.6 Å². The van der Waals surface area contributed by atoms with E-state index in [1.54, 1.807) is 0 Å². The molecule has 10 nitrogen and oxygen atoms in total. The molecule has 0 aliphatic carbocycles. The van der Waals surface area contributed by atoms with Crippen LogP contribution < -0.4 is 10.1 Å². The average molecular weight is 631 g/mol. The van der Waals surface area contributed by atoms with Crippen LogP contribution in [0.2, 0.25) is 0 Å². The minimum Gasteiger partial charge on any atom is -0.493 e. The van der Waals surface area contributed by atoms with E-state index in [4.69, 9.17) is 14.5 Å². The summed E-state index contributed by atoms with van der Waals surface area (Å²) in [5.74, 6) is 0.388. The molecule has 11 heteroatoms. The number of fused-ring (bicyclic) bond motifs is 1. The lowest BCUT2D eigenvalue weighted by molar-refractivity contribution is -0.126. The fourth-order valence-corrected chi connectivity index (χ4v) is 5.84. The summed E-state index contributed by atoms with van der Waals surface area (Å²) in [5.41, 5.74) is 2.85. The Balaban J connectivity index is 1.61. The number of hydrogen-bond donors (Lipinski definition) is 2. The molecule has 200 valence electrons. The molecule has 4 heterocycles. The zero-order chi connectivity index (χ0) is 26.6. The van der Waals surface area contributed by atoms with Gasteiger partial charge in [-0.05, 0) is 43.5 Å². The molecule has 3 aromatic rings. The molecule has 2 aliphatic rings. The summed E-state index contributed by atoms with van der Waals surface area (Å²) in [5, 5.41) is 12.7. The van der Waals surface area contributed by atoms with Gasteiger partial charge in [0.25, 0.3) is 5.91 Å². The van der Waals surface area contributed by atoms with Crippen LogP contribution in [0.5, 0.6) is 11.6 Å². The molecule has 38 heavy (non-hydrogen) atoms. The number of amides is 2. The molecule has 0 saturated carbocycles. The molecular weight excluding hydrogens is 601 g/mol. The smallest absolute Gasteiger partial charge is 0.258 e. The Labute approximate surface area is 234 Å². The van der Waals surface area contributed by atoms with Gasteiger partial charge in [0, 0.05) is 47.3 Å². The molecule has 2 atom stereocenters. The van der Waals surface area contributed by atoms with Gasteiger partial charge in [0.1, 0.15) is 11.9 Å². The number of aromatic hydroxyl groups is 1. The van der Waals surface area contributed by atoms with Gasteiger partial charge >= 0.3 is 0 Å². The number of ether oxygens (including phenoxy) is 2. The number of nitrogens with one attached hydrogen (secondary N) is 1. The van der Waals surface area contributed by atoms with Crippen molar-refractivity contribution in [2.24, 2.45) is 0 Å². The van der Waals surface area contributed by atoms with Crippen LogP contribution in [-0.2, 0) is 14.0 Å². The number of hydrogen-bond acceptors (Lipinski definition) is 7. The molecule has 1 aromatic carbocycles. The van der Waals surface area contributed by atoms with E-state index in [1.807, 2.05) is 17.0 Å². The quantitative estimate of drug-likeness (QED) is 0.228. The molecule has 2 fully saturated rings. The average Bonchev–Trinajstić information content (AvgIpc) is 3.49. The van der Waals surface area contributed by atoms with E-state index in [0.29, 0.717) is 36.7 Å². The van der Waals surface area contributed by atoms with Crippen molar-refractivity contribution < 1.29 is 24.2 Å². The Kier molecular flexibility index (Phi) is 8.12. The van der Waals surface area contributed by atoms with Gasteiger partial charge in [-0.25, -0.2) is 9.97 Å². The predicted octanol–water partition coefficient (Wildman–Crippen LogP) is 4.23. The van der Waals surface area contributed by atoms with Crippen LogP contribution in [0, 0.1) is 0 Å². The zero-order valence-corrected chi connectivity index (χ0v) is 23.1. The first-order chi connectivity index (χ1) is 18.5. The molecular formula is C27H30IN5O5. The van der Waals surface area contributed by atoms with Crippen molar-refractivity contribution in [2.75, 3.05) is 31.6 Å². The molecule has 0 radical (unpaired) electrons. The van der Waals surface area contributed by atoms with Crippen molar-refractivity contribution in [3.05, 3.63) is 54.2 Å². The van der Waals surface area contributed by atoms with E-state index >= 15 is 0 Å². The lowest BCUT2D eigenvalue weighted by Gasteiger charge is -2.27. The zero-order valence-electron chi connectivity index (χ0n) is 20.9. The number of nitrogens with zero attached hydrogens (tertiary/aromatic N) is 4. The lowest BCUT2D eigenvalue weighted by atomic mass is 10.1. The van der Waals surface area contributed by atoms with E-state index in [1.165, 1.54) is 24.4 Å². The second-order valence-electron chi connectivity index (χ2n) is 9.45. The number of anilines is 1. The van der Waals surface area contributed by atoms with Crippen LogP contribution in [0.15, 0.2) is 43.1 Å². The highest BCUT2D eigenvalue weighted by atomic mass is 127. The lowest BCUT2D eigenvalue weighted by Crippen LogP contribution is -2.34. The van der Waals surface area contributed by atoms with E-state index in [0.717, 1.165) is 48.0 Å². The first kappa shape index (κ1) is 26.4. The van der Waals surface area contributed by atoms with E-state index in [-0.39, 0.29) is 29.5 Å². The van der Waals surface area contributed by atoms with Gasteiger partial charge in [0.2, 0.25) is 17.7 Å². The molecule has 2 saturated heterocycles. The Hall–Kier alpha value is -3.19. The second-order valence-corrected chi connectivity index (χ2v) is 10.2. The Bertz CT molecular complexity index is 1350. The van der Waals surface area contributed by atoms with Crippen LogP contribution in [0.1, 0.15) is 47.6 Å². The maximum atomic E-state index is 13.2. The van der Waals surface area contributed by atoms with E-state index in [2.05, 4.69) is 44.0 Å². The summed E-state index contributed by atoms with van der Waals surface area (Å²) < 4.78 is 14.6. The summed E-state index contributed by atoms with van der Waals surface area (Å²) in [7, 11) is 0. The number of likely N-dealkylation sites (tertiary alicyclic amines) is 1. The third-order valence-corrected chi connectivity index (χ3v) is 7.72. The van der Waals surface area contributed by atoms with Gasteiger partial charge in [-0.2, -0.15) is 0 Å². The number of carbonyl (C=O) groups excluding carboxylic acids is 2. The number of alkyl halides is 1. The molecule has 0 unspecified atom stereocenters. The largest absolute Gasteiger partial charge is 0.493 e. The first-order valence-corrected chi connectivity index (χ1v) is 14.2. The van der Waals surface area contributed by atoms with Gasteiger partial charge < -0.3 is 24.0 Å². The summed E-state index contributed by atoms with van der Waals surface area (Å²) >= 11 is 2.32. The standard InChI is InChI=1S/C27H30IN5O5/c1-2-24(35)32-11-4-3-5-18(15-32)33-25-20(14-28)22(38-19-9-12-37-16-19)7-6-21(25)30-27(33)31-26(36)17-8-10-29-23(34)13-17/h2,6-8,10,13,18-19H,1,3-5,9,11-12,14-16H2,(H,29,34)(H,30,31,36)/t18-,19+/m1/s1. The molecule has 2 amide bonds. The Morgan fingerprint density at radius 2 is 2.16 bits per heavy atom. The molecule has 0 bridgehead atoms. The second kappa shape index (κ2) is 11.7. The van der Waals surface area contributed by atoms with Gasteiger partial charge in [0.05, 0.1) is 30.3 Å². The van der Waals surface area contributed by atoms with Gasteiger partial charge in [-0.15, -0.1) is 0 Å². The Morgan fingerprint density at radius 1 is 1.29 bits per heavy atom. The highest BCUT2D eigenvalue weighted by molar-refractivity contribution is 14.1. The highest BCUT2D eigenvalue weighted by Gasteiger charge is 2.29. The van der Waals surface area contributed by atoms with Crippen molar-refractivity contribution in [1.82, 2.24) is 19.4 Å². The highest BCUT2D eigenvalue weighted by Crippen LogP contribution is 2.37.